The van der Waals surface area contributed by atoms with Crippen LogP contribution in [0.4, 0.5) is 5.69 Å². The van der Waals surface area contributed by atoms with E-state index >= 15 is 0 Å². The van der Waals surface area contributed by atoms with Gasteiger partial charge in [-0.3, -0.25) is 9.78 Å². The van der Waals surface area contributed by atoms with Gasteiger partial charge in [0.25, 0.3) is 5.91 Å². The van der Waals surface area contributed by atoms with E-state index in [0.29, 0.717) is 16.3 Å². The van der Waals surface area contributed by atoms with Gasteiger partial charge in [-0.15, -0.1) is 11.3 Å². The summed E-state index contributed by atoms with van der Waals surface area (Å²) in [5, 5.41) is 7.16. The highest BCUT2D eigenvalue weighted by molar-refractivity contribution is 7.21. The molecule has 3 rings (SSSR count). The molecule has 0 bridgehead atoms. The van der Waals surface area contributed by atoms with E-state index < -0.39 is 0 Å². The number of amides is 1. The fraction of sp³-hybridized carbons (Fsp3) is 0.0833. The van der Waals surface area contributed by atoms with Crippen molar-refractivity contribution < 1.29 is 9.32 Å². The van der Waals surface area contributed by atoms with Gasteiger partial charge in [0.1, 0.15) is 4.88 Å². The maximum Gasteiger partial charge on any atom is 0.263 e. The maximum absolute atomic E-state index is 12.1. The number of nitrogens with zero attached hydrogens (tertiary/aromatic N) is 2. The van der Waals surface area contributed by atoms with Crippen LogP contribution in [0.3, 0.4) is 0 Å². The van der Waals surface area contributed by atoms with Crippen molar-refractivity contribution in [3.05, 3.63) is 41.4 Å². The lowest BCUT2D eigenvalue weighted by Crippen LogP contribution is -2.22. The summed E-state index contributed by atoms with van der Waals surface area (Å²) in [7, 11) is 0. The number of aromatic nitrogens is 2. The third-order valence-corrected chi connectivity index (χ3v) is 3.81. The summed E-state index contributed by atoms with van der Waals surface area (Å²) in [6.45, 7) is 0.283. The van der Waals surface area contributed by atoms with Gasteiger partial charge in [-0.25, -0.2) is 0 Å². The highest BCUT2D eigenvalue weighted by atomic mass is 32.1. The fourth-order valence-corrected chi connectivity index (χ4v) is 2.73. The third-order valence-electron chi connectivity index (χ3n) is 2.65. The highest BCUT2D eigenvalue weighted by Gasteiger charge is 2.16. The Morgan fingerprint density at radius 1 is 1.42 bits per heavy atom. The molecule has 0 aromatic carbocycles. The number of rotatable bonds is 3. The number of nitrogen functional groups attached to an aromatic ring is 1. The minimum absolute atomic E-state index is 0.227. The van der Waals surface area contributed by atoms with Crippen LogP contribution in [0.2, 0.25) is 0 Å². The Morgan fingerprint density at radius 3 is 3.05 bits per heavy atom. The zero-order valence-corrected chi connectivity index (χ0v) is 10.6. The summed E-state index contributed by atoms with van der Waals surface area (Å²) in [6, 6.07) is 3.49. The molecular weight excluding hydrogens is 264 g/mol. The molecule has 3 heterocycles. The average Bonchev–Trinajstić information content (AvgIpc) is 3.05. The number of nitrogens with one attached hydrogen (secondary N) is 1. The summed E-state index contributed by atoms with van der Waals surface area (Å²) in [6.07, 6.45) is 4.88. The van der Waals surface area contributed by atoms with Crippen molar-refractivity contribution in [2.75, 3.05) is 5.73 Å². The Morgan fingerprint density at radius 2 is 2.32 bits per heavy atom. The van der Waals surface area contributed by atoms with Crippen LogP contribution in [0.1, 0.15) is 15.4 Å². The van der Waals surface area contributed by atoms with E-state index in [1.165, 1.54) is 17.5 Å². The third kappa shape index (κ3) is 2.15. The lowest BCUT2D eigenvalue weighted by Gasteiger charge is -2.01. The molecule has 0 saturated heterocycles. The van der Waals surface area contributed by atoms with Crippen LogP contribution in [0.5, 0.6) is 0 Å². The summed E-state index contributed by atoms with van der Waals surface area (Å²) < 4.78 is 5.80. The number of carbonyl (C=O) groups excluding carboxylic acids is 1. The number of anilines is 1. The van der Waals surface area contributed by atoms with Gasteiger partial charge >= 0.3 is 0 Å². The van der Waals surface area contributed by atoms with E-state index in [-0.39, 0.29) is 12.5 Å². The van der Waals surface area contributed by atoms with Crippen LogP contribution in [0, 0.1) is 0 Å². The number of nitrogens with two attached hydrogens (primary N) is 1. The van der Waals surface area contributed by atoms with Gasteiger partial charge in [-0.05, 0) is 6.07 Å². The van der Waals surface area contributed by atoms with Crippen molar-refractivity contribution in [1.29, 1.82) is 0 Å². The van der Waals surface area contributed by atoms with Gasteiger partial charge in [0.2, 0.25) is 0 Å². The molecule has 0 saturated carbocycles. The zero-order valence-electron chi connectivity index (χ0n) is 9.79. The van der Waals surface area contributed by atoms with E-state index in [0.717, 1.165) is 10.1 Å². The molecule has 0 radical (unpaired) electrons. The first kappa shape index (κ1) is 11.7. The molecule has 96 valence electrons. The zero-order chi connectivity index (χ0) is 13.2. The topological polar surface area (TPSA) is 94.0 Å². The Balaban J connectivity index is 1.83. The molecule has 6 nitrogen and oxygen atoms in total. The SMILES string of the molecule is Nc1c(C(=O)NCc2ccno2)sc2cnccc12. The molecular formula is C12H10N4O2S. The van der Waals surface area contributed by atoms with Crippen molar-refractivity contribution in [1.82, 2.24) is 15.5 Å². The summed E-state index contributed by atoms with van der Waals surface area (Å²) in [5.74, 6) is 0.366. The molecule has 0 unspecified atom stereocenters. The van der Waals surface area contributed by atoms with Crippen LogP contribution < -0.4 is 11.1 Å². The van der Waals surface area contributed by atoms with Gasteiger partial charge < -0.3 is 15.6 Å². The first-order chi connectivity index (χ1) is 9.25. The molecule has 3 N–H and O–H groups in total. The van der Waals surface area contributed by atoms with E-state index in [9.17, 15) is 4.79 Å². The van der Waals surface area contributed by atoms with Gasteiger partial charge in [0.15, 0.2) is 5.76 Å². The second-order valence-electron chi connectivity index (χ2n) is 3.88. The summed E-state index contributed by atoms with van der Waals surface area (Å²) in [5.41, 5.74) is 6.46. The van der Waals surface area contributed by atoms with Crippen molar-refractivity contribution in [3.63, 3.8) is 0 Å². The quantitative estimate of drug-likeness (QED) is 0.759. The monoisotopic (exact) mass is 274 g/mol. The Kier molecular flexibility index (Phi) is 2.88. The van der Waals surface area contributed by atoms with Crippen LogP contribution in [-0.2, 0) is 6.54 Å². The second-order valence-corrected chi connectivity index (χ2v) is 4.93. The largest absolute Gasteiger partial charge is 0.397 e. The second kappa shape index (κ2) is 4.69. The van der Waals surface area contributed by atoms with Crippen molar-refractivity contribution in [3.8, 4) is 0 Å². The predicted octanol–water partition coefficient (Wildman–Crippen LogP) is 1.80. The smallest absolute Gasteiger partial charge is 0.263 e. The normalized spacial score (nSPS) is 10.7. The van der Waals surface area contributed by atoms with Crippen molar-refractivity contribution in [2.24, 2.45) is 0 Å². The van der Waals surface area contributed by atoms with E-state index in [4.69, 9.17) is 10.3 Å². The molecule has 1 amide bonds. The van der Waals surface area contributed by atoms with Crippen LogP contribution >= 0.6 is 11.3 Å². The number of hydrogen-bond acceptors (Lipinski definition) is 6. The number of pyridine rings is 1. The standard InChI is InChI=1S/C12H10N4O2S/c13-10-8-2-3-14-6-9(8)19-11(10)12(17)15-5-7-1-4-16-18-7/h1-4,6H,5,13H2,(H,15,17). The molecule has 0 aliphatic carbocycles. The average molecular weight is 274 g/mol. The van der Waals surface area contributed by atoms with E-state index in [2.05, 4.69) is 15.5 Å². The number of carbonyl (C=O) groups is 1. The number of thiophene rings is 1. The maximum atomic E-state index is 12.1. The van der Waals surface area contributed by atoms with Gasteiger partial charge in [0, 0.05) is 23.8 Å². The molecule has 19 heavy (non-hydrogen) atoms. The van der Waals surface area contributed by atoms with Gasteiger partial charge in [0.05, 0.1) is 23.1 Å². The van der Waals surface area contributed by atoms with Crippen molar-refractivity contribution >= 4 is 33.0 Å². The minimum Gasteiger partial charge on any atom is -0.397 e. The molecule has 3 aromatic rings. The van der Waals surface area contributed by atoms with E-state index in [1.54, 1.807) is 24.5 Å². The first-order valence-electron chi connectivity index (χ1n) is 5.55. The van der Waals surface area contributed by atoms with Gasteiger partial charge in [-0.2, -0.15) is 0 Å². The highest BCUT2D eigenvalue weighted by Crippen LogP contribution is 2.32. The van der Waals surface area contributed by atoms with E-state index in [1.807, 2.05) is 0 Å². The van der Waals surface area contributed by atoms with Gasteiger partial charge in [-0.1, -0.05) is 5.16 Å². The minimum atomic E-state index is -0.227. The molecule has 0 atom stereocenters. The molecule has 0 fully saturated rings. The van der Waals surface area contributed by atoms with Crippen molar-refractivity contribution in [2.45, 2.75) is 6.54 Å². The summed E-state index contributed by atoms with van der Waals surface area (Å²) in [4.78, 5) is 16.6. The number of hydrogen-bond donors (Lipinski definition) is 2. The number of fused-ring (bicyclic) bond motifs is 1. The molecule has 0 aliphatic rings. The Bertz CT molecular complexity index is 720. The molecule has 7 heteroatoms. The Labute approximate surface area is 112 Å². The molecule has 3 aromatic heterocycles. The van der Waals surface area contributed by atoms with Crippen LogP contribution in [0.15, 0.2) is 35.2 Å². The first-order valence-corrected chi connectivity index (χ1v) is 6.37. The lowest BCUT2D eigenvalue weighted by atomic mass is 10.2. The molecule has 0 aliphatic heterocycles. The Hall–Kier alpha value is -2.41. The fourth-order valence-electron chi connectivity index (χ4n) is 1.72. The molecule has 0 spiro atoms. The predicted molar refractivity (Wildman–Crippen MR) is 71.7 cm³/mol. The lowest BCUT2D eigenvalue weighted by molar-refractivity contribution is 0.0952. The van der Waals surface area contributed by atoms with Crippen LogP contribution in [-0.4, -0.2) is 16.0 Å². The van der Waals surface area contributed by atoms with Crippen LogP contribution in [0.25, 0.3) is 10.1 Å². The summed E-state index contributed by atoms with van der Waals surface area (Å²) >= 11 is 1.32.